The normalized spacial score (nSPS) is 14.9. The number of carbonyl (C=O) groups is 2. The van der Waals surface area contributed by atoms with E-state index in [1.807, 2.05) is 38.1 Å². The van der Waals surface area contributed by atoms with E-state index in [1.54, 1.807) is 18.5 Å². The molecule has 1 aromatic carbocycles. The highest BCUT2D eigenvalue weighted by atomic mass is 16.5. The van der Waals surface area contributed by atoms with Crippen LogP contribution in [0, 0.1) is 5.92 Å². The summed E-state index contributed by atoms with van der Waals surface area (Å²) in [4.78, 5) is 21.7. The van der Waals surface area contributed by atoms with Crippen LogP contribution in [0.3, 0.4) is 0 Å². The number of nitrogens with two attached hydrogens (primary N) is 1. The summed E-state index contributed by atoms with van der Waals surface area (Å²) < 4.78 is 18.7. The van der Waals surface area contributed by atoms with Crippen molar-refractivity contribution < 1.29 is 23.8 Å². The molecule has 0 saturated carbocycles. The number of ether oxygens (including phenoxy) is 3. The molecule has 0 saturated heterocycles. The highest BCUT2D eigenvalue weighted by molar-refractivity contribution is 5.84. The summed E-state index contributed by atoms with van der Waals surface area (Å²) in [6.07, 6.45) is 10.3. The average molecular weight is 573 g/mol. The lowest BCUT2D eigenvalue weighted by Gasteiger charge is -2.16. The highest BCUT2D eigenvalue weighted by Gasteiger charge is 2.17. The summed E-state index contributed by atoms with van der Waals surface area (Å²) in [5, 5.41) is 14.5. The summed E-state index contributed by atoms with van der Waals surface area (Å²) in [5.74, 6) is 1.95. The van der Waals surface area contributed by atoms with Gasteiger partial charge in [-0.15, -0.1) is 5.10 Å². The third-order valence-electron chi connectivity index (χ3n) is 6.04. The van der Waals surface area contributed by atoms with Crippen molar-refractivity contribution in [3.8, 4) is 5.75 Å². The molecule has 0 radical (unpaired) electrons. The fraction of sp³-hybridized carbons (Fsp3) is 0.567. The van der Waals surface area contributed by atoms with E-state index in [0.29, 0.717) is 38.0 Å². The maximum Gasteiger partial charge on any atom is 0.407 e. The van der Waals surface area contributed by atoms with Gasteiger partial charge in [0.2, 0.25) is 0 Å². The number of aromatic nitrogens is 4. The molecule has 2 atom stereocenters. The van der Waals surface area contributed by atoms with Gasteiger partial charge in [0.25, 0.3) is 0 Å². The third-order valence-corrected chi connectivity index (χ3v) is 6.04. The Kier molecular flexibility index (Phi) is 16.9. The van der Waals surface area contributed by atoms with Crippen molar-refractivity contribution in [3.05, 3.63) is 60.0 Å². The summed E-state index contributed by atoms with van der Waals surface area (Å²) in [6, 6.07) is 7.45. The van der Waals surface area contributed by atoms with E-state index < -0.39 is 11.6 Å². The van der Waals surface area contributed by atoms with Gasteiger partial charge in [-0.05, 0) is 50.1 Å². The molecule has 3 N–H and O–H groups in total. The fourth-order valence-electron chi connectivity index (χ4n) is 3.36. The number of amides is 1. The Morgan fingerprint density at radius 3 is 2.61 bits per heavy atom. The molecular formula is C30H48N6O5. The SMILES string of the molecule is CC.CC(=O)C(C)(C)N.CNC(=O)OCc1ccccc1OCCn1nnnc1C(C)COCC1C=CC=CCC1. The summed E-state index contributed by atoms with van der Waals surface area (Å²) in [5.41, 5.74) is 5.48. The zero-order chi connectivity index (χ0) is 30.7. The number of nitrogens with zero attached hydrogens (tertiary/aromatic N) is 4. The molecule has 1 aliphatic rings. The molecule has 11 heteroatoms. The number of ketones is 1. The summed E-state index contributed by atoms with van der Waals surface area (Å²) in [6.45, 7) is 13.2. The molecule has 0 aliphatic heterocycles. The molecule has 1 aliphatic carbocycles. The Morgan fingerprint density at radius 1 is 1.22 bits per heavy atom. The minimum Gasteiger partial charge on any atom is -0.491 e. The molecule has 1 amide bonds. The van der Waals surface area contributed by atoms with Crippen molar-refractivity contribution in [1.29, 1.82) is 0 Å². The maximum atomic E-state index is 11.3. The molecule has 11 nitrogen and oxygen atoms in total. The standard InChI is InChI=1S/C23H31N5O4.C5H11NO.C2H6/c1-18(15-30-16-19-9-5-3-4-6-10-19)22-25-26-27-28(22)13-14-31-21-12-8-7-11-20(21)17-32-23(29)24-2;1-4(7)5(2,3)6;1-2/h3-5,7-9,11-12,18-19H,6,10,13-17H2,1-2H3,(H,24,29);6H2,1-3H3;1-2H3. The number of tetrazole rings is 1. The van der Waals surface area contributed by atoms with Gasteiger partial charge < -0.3 is 25.3 Å². The van der Waals surface area contributed by atoms with E-state index >= 15 is 0 Å². The van der Waals surface area contributed by atoms with Crippen LogP contribution in [0.15, 0.2) is 48.6 Å². The van der Waals surface area contributed by atoms with Crippen molar-refractivity contribution in [2.75, 3.05) is 26.9 Å². The van der Waals surface area contributed by atoms with E-state index in [-0.39, 0.29) is 18.3 Å². The van der Waals surface area contributed by atoms with Crippen LogP contribution in [0.25, 0.3) is 0 Å². The Balaban J connectivity index is 0.000000816. The molecular weight excluding hydrogens is 524 g/mol. The van der Waals surface area contributed by atoms with E-state index in [2.05, 4.69) is 52.1 Å². The zero-order valence-electron chi connectivity index (χ0n) is 25.6. The van der Waals surface area contributed by atoms with Crippen LogP contribution in [-0.2, 0) is 27.4 Å². The lowest BCUT2D eigenvalue weighted by atomic mass is 10.0. The number of hydrogen-bond donors (Lipinski definition) is 2. The number of alkyl carbamates (subject to hydrolysis) is 1. The van der Waals surface area contributed by atoms with Crippen LogP contribution in [0.2, 0.25) is 0 Å². The number of Topliss-reactive ketones (excluding diaryl/α,β-unsaturated/α-hetero) is 1. The van der Waals surface area contributed by atoms with Gasteiger partial charge in [-0.1, -0.05) is 63.3 Å². The Morgan fingerprint density at radius 2 is 1.93 bits per heavy atom. The molecule has 3 rings (SSSR count). The number of para-hydroxylation sites is 1. The van der Waals surface area contributed by atoms with Gasteiger partial charge in [0.15, 0.2) is 5.82 Å². The number of hydrogen-bond acceptors (Lipinski definition) is 9. The summed E-state index contributed by atoms with van der Waals surface area (Å²) in [7, 11) is 1.52. The van der Waals surface area contributed by atoms with E-state index in [0.717, 1.165) is 24.2 Å². The second kappa shape index (κ2) is 19.5. The van der Waals surface area contributed by atoms with E-state index in [4.69, 9.17) is 19.9 Å². The minimum atomic E-state index is -0.639. The lowest BCUT2D eigenvalue weighted by molar-refractivity contribution is -0.120. The van der Waals surface area contributed by atoms with Gasteiger partial charge in [0.05, 0.1) is 25.3 Å². The lowest BCUT2D eigenvalue weighted by Crippen LogP contribution is -2.39. The largest absolute Gasteiger partial charge is 0.491 e. The number of benzene rings is 1. The van der Waals surface area contributed by atoms with Gasteiger partial charge in [0, 0.05) is 24.4 Å². The van der Waals surface area contributed by atoms with Crippen molar-refractivity contribution in [3.63, 3.8) is 0 Å². The first-order valence-corrected chi connectivity index (χ1v) is 14.1. The zero-order valence-corrected chi connectivity index (χ0v) is 25.6. The van der Waals surface area contributed by atoms with Crippen LogP contribution in [0.4, 0.5) is 4.79 Å². The molecule has 1 heterocycles. The number of carbonyl (C=O) groups excluding carboxylic acids is 2. The molecule has 0 fully saturated rings. The third kappa shape index (κ3) is 14.1. The van der Waals surface area contributed by atoms with Crippen LogP contribution in [0.1, 0.15) is 71.7 Å². The number of nitrogens with one attached hydrogen (secondary N) is 1. The molecule has 228 valence electrons. The van der Waals surface area contributed by atoms with Crippen molar-refractivity contribution in [2.45, 2.75) is 79.0 Å². The predicted octanol–water partition coefficient (Wildman–Crippen LogP) is 4.59. The van der Waals surface area contributed by atoms with E-state index in [9.17, 15) is 9.59 Å². The first-order valence-electron chi connectivity index (χ1n) is 14.1. The highest BCUT2D eigenvalue weighted by Crippen LogP contribution is 2.20. The van der Waals surface area contributed by atoms with Crippen molar-refractivity contribution in [2.24, 2.45) is 11.7 Å². The molecule has 1 aromatic heterocycles. The quantitative estimate of drug-likeness (QED) is 0.373. The average Bonchev–Trinajstić information content (AvgIpc) is 3.27. The van der Waals surface area contributed by atoms with Crippen molar-refractivity contribution >= 4 is 11.9 Å². The van der Waals surface area contributed by atoms with Crippen LogP contribution in [-0.4, -0.2) is 64.5 Å². The first-order chi connectivity index (χ1) is 19.6. The summed E-state index contributed by atoms with van der Waals surface area (Å²) >= 11 is 0. The number of rotatable bonds is 12. The first kappa shape index (κ1) is 35.5. The molecule has 41 heavy (non-hydrogen) atoms. The van der Waals surface area contributed by atoms with Gasteiger partial charge >= 0.3 is 6.09 Å². The second-order valence-corrected chi connectivity index (χ2v) is 9.91. The van der Waals surface area contributed by atoms with Gasteiger partial charge in [-0.3, -0.25) is 4.79 Å². The monoisotopic (exact) mass is 572 g/mol. The Bertz CT molecular complexity index is 1090. The molecule has 2 aromatic rings. The topological polar surface area (TPSA) is 143 Å². The minimum absolute atomic E-state index is 0.0208. The van der Waals surface area contributed by atoms with Gasteiger partial charge in [0.1, 0.15) is 24.7 Å². The molecule has 0 spiro atoms. The van der Waals surface area contributed by atoms with Crippen molar-refractivity contribution in [1.82, 2.24) is 25.5 Å². The molecule has 0 bridgehead atoms. The van der Waals surface area contributed by atoms with Crippen LogP contribution >= 0.6 is 0 Å². The molecule has 2 unspecified atom stereocenters. The van der Waals surface area contributed by atoms with E-state index in [1.165, 1.54) is 14.0 Å². The maximum absolute atomic E-state index is 11.3. The van der Waals surface area contributed by atoms with Gasteiger partial charge in [-0.25, -0.2) is 9.48 Å². The van der Waals surface area contributed by atoms with Crippen LogP contribution in [0.5, 0.6) is 5.75 Å². The van der Waals surface area contributed by atoms with Gasteiger partial charge in [-0.2, -0.15) is 0 Å². The Labute approximate surface area is 244 Å². The predicted molar refractivity (Wildman–Crippen MR) is 160 cm³/mol. The smallest absolute Gasteiger partial charge is 0.407 e. The Hall–Kier alpha value is -3.57. The second-order valence-electron chi connectivity index (χ2n) is 9.91. The fourth-order valence-corrected chi connectivity index (χ4v) is 3.36. The number of allylic oxidation sites excluding steroid dienone is 3. The van der Waals surface area contributed by atoms with Crippen LogP contribution < -0.4 is 15.8 Å².